The first-order valence-electron chi connectivity index (χ1n) is 3.01. The van der Waals surface area contributed by atoms with Crippen LogP contribution in [0.1, 0.15) is 6.92 Å². The Morgan fingerprint density at radius 1 is 1.18 bits per heavy atom. The fourth-order valence-corrected chi connectivity index (χ4v) is 1.17. The summed E-state index contributed by atoms with van der Waals surface area (Å²) in [7, 11) is 0. The first-order chi connectivity index (χ1) is 5.09. The molecule has 0 saturated carbocycles. The van der Waals surface area contributed by atoms with E-state index in [-0.39, 0.29) is 10.1 Å². The fraction of sp³-hybridized carbons (Fsp3) is 0.333. The van der Waals surface area contributed by atoms with Gasteiger partial charge in [-0.25, -0.2) is 0 Å². The SMILES string of the molecule is CCN1C(=O)C(Cl)=C(Cl)C1=O. The quantitative estimate of drug-likeness (QED) is 0.585. The van der Waals surface area contributed by atoms with E-state index in [9.17, 15) is 9.59 Å². The van der Waals surface area contributed by atoms with Gasteiger partial charge in [-0.15, -0.1) is 0 Å². The summed E-state index contributed by atoms with van der Waals surface area (Å²) in [6.45, 7) is 1.97. The Kier molecular flexibility index (Phi) is 2.20. The van der Waals surface area contributed by atoms with Gasteiger partial charge in [-0.1, -0.05) is 23.2 Å². The third-order valence-corrected chi connectivity index (χ3v) is 2.17. The number of hydrogen-bond acceptors (Lipinski definition) is 2. The number of imide groups is 1. The third kappa shape index (κ3) is 1.14. The van der Waals surface area contributed by atoms with Crippen molar-refractivity contribution in [1.82, 2.24) is 4.90 Å². The number of carbonyl (C=O) groups excluding carboxylic acids is 2. The van der Waals surface area contributed by atoms with Crippen LogP contribution in [0.2, 0.25) is 0 Å². The second kappa shape index (κ2) is 2.83. The van der Waals surface area contributed by atoms with Crippen LogP contribution in [0, 0.1) is 0 Å². The van der Waals surface area contributed by atoms with Crippen LogP contribution >= 0.6 is 23.2 Å². The highest BCUT2D eigenvalue weighted by molar-refractivity contribution is 6.58. The summed E-state index contributed by atoms with van der Waals surface area (Å²) < 4.78 is 0. The van der Waals surface area contributed by atoms with E-state index < -0.39 is 11.8 Å². The fourth-order valence-electron chi connectivity index (χ4n) is 0.804. The van der Waals surface area contributed by atoms with E-state index in [4.69, 9.17) is 23.2 Å². The van der Waals surface area contributed by atoms with E-state index in [0.717, 1.165) is 4.90 Å². The maximum absolute atomic E-state index is 11.0. The second-order valence-electron chi connectivity index (χ2n) is 1.98. The molecule has 11 heavy (non-hydrogen) atoms. The summed E-state index contributed by atoms with van der Waals surface area (Å²) >= 11 is 10.8. The molecule has 3 nitrogen and oxygen atoms in total. The van der Waals surface area contributed by atoms with Gasteiger partial charge in [-0.2, -0.15) is 0 Å². The molecule has 60 valence electrons. The Morgan fingerprint density at radius 3 is 1.73 bits per heavy atom. The summed E-state index contributed by atoms with van der Waals surface area (Å²) in [6.07, 6.45) is 0. The van der Waals surface area contributed by atoms with Gasteiger partial charge in [0, 0.05) is 6.54 Å². The van der Waals surface area contributed by atoms with E-state index in [1.165, 1.54) is 0 Å². The Balaban J connectivity index is 3.02. The molecule has 0 bridgehead atoms. The zero-order valence-corrected chi connectivity index (χ0v) is 7.24. The molecule has 5 heteroatoms. The molecule has 0 fully saturated rings. The maximum Gasteiger partial charge on any atom is 0.273 e. The predicted octanol–water partition coefficient (Wildman–Crippen LogP) is 1.06. The lowest BCUT2D eigenvalue weighted by atomic mass is 10.5. The standard InChI is InChI=1S/C6H5Cl2NO2/c1-2-9-5(10)3(7)4(8)6(9)11/h2H2,1H3. The lowest BCUT2D eigenvalue weighted by Gasteiger charge is -2.08. The van der Waals surface area contributed by atoms with Gasteiger partial charge in [0.1, 0.15) is 10.1 Å². The van der Waals surface area contributed by atoms with Crippen molar-refractivity contribution in [3.05, 3.63) is 10.1 Å². The average molecular weight is 194 g/mol. The molecule has 0 aromatic carbocycles. The Bertz CT molecular complexity index is 235. The molecule has 0 unspecified atom stereocenters. The van der Waals surface area contributed by atoms with E-state index in [2.05, 4.69) is 0 Å². The van der Waals surface area contributed by atoms with Gasteiger partial charge in [-0.3, -0.25) is 14.5 Å². The Morgan fingerprint density at radius 2 is 1.55 bits per heavy atom. The summed E-state index contributed by atoms with van der Waals surface area (Å²) in [4.78, 5) is 23.0. The number of carbonyl (C=O) groups is 2. The zero-order valence-electron chi connectivity index (χ0n) is 5.73. The third-order valence-electron chi connectivity index (χ3n) is 1.37. The van der Waals surface area contributed by atoms with Crippen LogP contribution in [0.5, 0.6) is 0 Å². The van der Waals surface area contributed by atoms with Crippen molar-refractivity contribution < 1.29 is 9.59 Å². The molecule has 0 aliphatic carbocycles. The molecular weight excluding hydrogens is 189 g/mol. The van der Waals surface area contributed by atoms with Crippen molar-refractivity contribution in [3.63, 3.8) is 0 Å². The van der Waals surface area contributed by atoms with E-state index in [1.807, 2.05) is 0 Å². The van der Waals surface area contributed by atoms with Gasteiger partial charge in [0.05, 0.1) is 0 Å². The van der Waals surface area contributed by atoms with Crippen molar-refractivity contribution in [2.75, 3.05) is 6.54 Å². The van der Waals surface area contributed by atoms with Crippen LogP contribution in [0.4, 0.5) is 0 Å². The van der Waals surface area contributed by atoms with Crippen LogP contribution in [0.15, 0.2) is 10.1 Å². The van der Waals surface area contributed by atoms with Gasteiger partial charge in [-0.05, 0) is 6.92 Å². The van der Waals surface area contributed by atoms with Crippen LogP contribution in [-0.4, -0.2) is 23.3 Å². The average Bonchev–Trinajstić information content (AvgIpc) is 2.17. The lowest BCUT2D eigenvalue weighted by Crippen LogP contribution is -2.30. The van der Waals surface area contributed by atoms with E-state index >= 15 is 0 Å². The monoisotopic (exact) mass is 193 g/mol. The van der Waals surface area contributed by atoms with Gasteiger partial charge in [0.2, 0.25) is 0 Å². The molecule has 1 aliphatic heterocycles. The molecule has 1 aliphatic rings. The van der Waals surface area contributed by atoms with E-state index in [1.54, 1.807) is 6.92 Å². The van der Waals surface area contributed by atoms with Gasteiger partial charge >= 0.3 is 0 Å². The molecule has 0 saturated heterocycles. The smallest absolute Gasteiger partial charge is 0.273 e. The molecule has 0 spiro atoms. The molecule has 1 rings (SSSR count). The minimum atomic E-state index is -0.510. The zero-order chi connectivity index (χ0) is 8.59. The second-order valence-corrected chi connectivity index (χ2v) is 2.74. The number of hydrogen-bond donors (Lipinski definition) is 0. The molecule has 1 heterocycles. The summed E-state index contributed by atoms with van der Waals surface area (Å²) in [6, 6.07) is 0. The first kappa shape index (κ1) is 8.56. The lowest BCUT2D eigenvalue weighted by molar-refractivity contribution is -0.136. The highest BCUT2D eigenvalue weighted by Gasteiger charge is 2.35. The number of rotatable bonds is 1. The molecule has 0 aromatic rings. The van der Waals surface area contributed by atoms with Gasteiger partial charge in [0.15, 0.2) is 0 Å². The molecule has 2 amide bonds. The number of likely N-dealkylation sites (N-methyl/N-ethyl adjacent to an activating group) is 1. The Hall–Kier alpha value is -0.540. The van der Waals surface area contributed by atoms with Crippen molar-refractivity contribution in [2.45, 2.75) is 6.92 Å². The maximum atomic E-state index is 11.0. The van der Waals surface area contributed by atoms with Gasteiger partial charge in [0.25, 0.3) is 11.8 Å². The minimum absolute atomic E-state index is 0.182. The number of amides is 2. The van der Waals surface area contributed by atoms with Crippen molar-refractivity contribution >= 4 is 35.0 Å². The summed E-state index contributed by atoms with van der Waals surface area (Å²) in [5.41, 5.74) is 0. The van der Waals surface area contributed by atoms with Crippen LogP contribution in [-0.2, 0) is 9.59 Å². The largest absolute Gasteiger partial charge is 0.273 e. The van der Waals surface area contributed by atoms with E-state index in [0.29, 0.717) is 6.54 Å². The summed E-state index contributed by atoms with van der Waals surface area (Å²) in [5.74, 6) is -1.02. The number of halogens is 2. The summed E-state index contributed by atoms with van der Waals surface area (Å²) in [5, 5.41) is -0.364. The Labute approximate surface area is 73.6 Å². The minimum Gasteiger partial charge on any atom is -0.273 e. The predicted molar refractivity (Wildman–Crippen MR) is 41.1 cm³/mol. The van der Waals surface area contributed by atoms with Crippen LogP contribution < -0.4 is 0 Å². The number of nitrogens with zero attached hydrogens (tertiary/aromatic N) is 1. The molecule has 0 atom stereocenters. The molecule has 0 radical (unpaired) electrons. The highest BCUT2D eigenvalue weighted by atomic mass is 35.5. The highest BCUT2D eigenvalue weighted by Crippen LogP contribution is 2.25. The molecular formula is C6H5Cl2NO2. The van der Waals surface area contributed by atoms with Crippen molar-refractivity contribution in [2.24, 2.45) is 0 Å². The normalized spacial score (nSPS) is 18.6. The van der Waals surface area contributed by atoms with Crippen LogP contribution in [0.25, 0.3) is 0 Å². The molecule has 0 aromatic heterocycles. The van der Waals surface area contributed by atoms with Gasteiger partial charge < -0.3 is 0 Å². The topological polar surface area (TPSA) is 37.4 Å². The van der Waals surface area contributed by atoms with Crippen LogP contribution in [0.3, 0.4) is 0 Å². The van der Waals surface area contributed by atoms with Crippen molar-refractivity contribution in [1.29, 1.82) is 0 Å². The van der Waals surface area contributed by atoms with Crippen molar-refractivity contribution in [3.8, 4) is 0 Å². The first-order valence-corrected chi connectivity index (χ1v) is 3.76. The molecule has 0 N–H and O–H groups in total.